The van der Waals surface area contributed by atoms with E-state index in [0.29, 0.717) is 28.0 Å². The molecule has 0 saturated heterocycles. The van der Waals surface area contributed by atoms with Gasteiger partial charge in [0, 0.05) is 18.7 Å². The Morgan fingerprint density at radius 3 is 2.38 bits per heavy atom. The van der Waals surface area contributed by atoms with E-state index in [1.165, 1.54) is 31.5 Å². The van der Waals surface area contributed by atoms with Crippen molar-refractivity contribution in [3.8, 4) is 11.1 Å². The van der Waals surface area contributed by atoms with Crippen molar-refractivity contribution in [3.63, 3.8) is 0 Å². The van der Waals surface area contributed by atoms with Crippen LogP contribution in [0.5, 0.6) is 0 Å². The van der Waals surface area contributed by atoms with Gasteiger partial charge in [-0.3, -0.25) is 14.5 Å². The molecule has 0 atom stereocenters. The van der Waals surface area contributed by atoms with Gasteiger partial charge in [-0.25, -0.2) is 17.8 Å². The monoisotopic (exact) mass is 510 g/mol. The summed E-state index contributed by atoms with van der Waals surface area (Å²) >= 11 is 1.07. The predicted octanol–water partition coefficient (Wildman–Crippen LogP) is 5.28. The molecule has 4 rings (SSSR count). The number of thiazole rings is 1. The summed E-state index contributed by atoms with van der Waals surface area (Å²) in [5.74, 6) is -0.993. The maximum atomic E-state index is 14.6. The summed E-state index contributed by atoms with van der Waals surface area (Å²) in [4.78, 5) is 18.9. The van der Waals surface area contributed by atoms with E-state index in [-0.39, 0.29) is 27.1 Å². The number of alkyl halides is 3. The number of anilines is 2. The van der Waals surface area contributed by atoms with Crippen molar-refractivity contribution in [1.82, 2.24) is 9.97 Å². The largest absolute Gasteiger partial charge is 0.416 e. The van der Waals surface area contributed by atoms with Gasteiger partial charge >= 0.3 is 6.18 Å². The van der Waals surface area contributed by atoms with Gasteiger partial charge in [0.15, 0.2) is 10.9 Å². The highest BCUT2D eigenvalue weighted by Crippen LogP contribution is 2.34. The number of nitrogens with zero attached hydrogens (tertiary/aromatic N) is 2. The number of hydrogen-bond donors (Lipinski definition) is 2. The summed E-state index contributed by atoms with van der Waals surface area (Å²) < 4.78 is 80.7. The fraction of sp³-hybridized carbons (Fsp3) is 0.0952. The van der Waals surface area contributed by atoms with Crippen LogP contribution in [0.3, 0.4) is 0 Å². The van der Waals surface area contributed by atoms with E-state index in [9.17, 15) is 30.8 Å². The second-order valence-corrected chi connectivity index (χ2v) is 9.81. The SMILES string of the molecule is CC(=O)Nc1nc2c(F)cc(-c3cncc(NS(=O)(=O)c4ccc(C(F)(F)F)cc4)c3)cc2s1. The zero-order chi connectivity index (χ0) is 24.7. The zero-order valence-corrected chi connectivity index (χ0v) is 18.8. The van der Waals surface area contributed by atoms with E-state index in [4.69, 9.17) is 0 Å². The Bertz CT molecular complexity index is 1500. The molecule has 0 aliphatic carbocycles. The van der Waals surface area contributed by atoms with E-state index in [1.54, 1.807) is 6.07 Å². The van der Waals surface area contributed by atoms with E-state index >= 15 is 0 Å². The molecule has 7 nitrogen and oxygen atoms in total. The number of fused-ring (bicyclic) bond motifs is 1. The minimum Gasteiger partial charge on any atom is -0.302 e. The lowest BCUT2D eigenvalue weighted by Gasteiger charge is -2.11. The van der Waals surface area contributed by atoms with Gasteiger partial charge in [0.2, 0.25) is 5.91 Å². The van der Waals surface area contributed by atoms with Crippen LogP contribution in [0.25, 0.3) is 21.3 Å². The number of hydrogen-bond acceptors (Lipinski definition) is 6. The van der Waals surface area contributed by atoms with E-state index in [1.807, 2.05) is 0 Å². The van der Waals surface area contributed by atoms with Crippen molar-refractivity contribution in [2.24, 2.45) is 0 Å². The van der Waals surface area contributed by atoms with E-state index in [2.05, 4.69) is 20.0 Å². The number of pyridine rings is 1. The first-order chi connectivity index (χ1) is 15.9. The zero-order valence-electron chi connectivity index (χ0n) is 17.1. The molecule has 1 amide bonds. The molecule has 2 heterocycles. The van der Waals surface area contributed by atoms with Crippen molar-refractivity contribution < 1.29 is 30.8 Å². The van der Waals surface area contributed by atoms with Crippen LogP contribution in [0.1, 0.15) is 12.5 Å². The Hall–Kier alpha value is -3.58. The number of benzene rings is 2. The number of sulfonamides is 1. The minimum absolute atomic E-state index is 0.0288. The smallest absolute Gasteiger partial charge is 0.302 e. The van der Waals surface area contributed by atoms with Crippen LogP contribution in [0, 0.1) is 5.82 Å². The summed E-state index contributed by atoms with van der Waals surface area (Å²) in [5, 5.41) is 2.72. The predicted molar refractivity (Wildman–Crippen MR) is 119 cm³/mol. The molecule has 176 valence electrons. The molecule has 34 heavy (non-hydrogen) atoms. The van der Waals surface area contributed by atoms with Crippen molar-refractivity contribution in [3.05, 3.63) is 66.2 Å². The van der Waals surface area contributed by atoms with Gasteiger partial charge < -0.3 is 5.32 Å². The standard InChI is InChI=1S/C21H14F4N4O3S2/c1-11(30)27-20-28-19-17(22)7-12(8-18(19)33-20)13-6-15(10-26-9-13)29-34(31,32)16-4-2-14(3-5-16)21(23,24)25/h2-10,29H,1H3,(H,27,28,30). The third-order valence-electron chi connectivity index (χ3n) is 4.55. The van der Waals surface area contributed by atoms with Crippen LogP contribution in [0.2, 0.25) is 0 Å². The van der Waals surface area contributed by atoms with Crippen molar-refractivity contribution in [1.29, 1.82) is 0 Å². The minimum atomic E-state index is -4.59. The van der Waals surface area contributed by atoms with Crippen LogP contribution in [-0.2, 0) is 21.0 Å². The first-order valence-electron chi connectivity index (χ1n) is 9.45. The fourth-order valence-corrected chi connectivity index (χ4v) is 5.05. The summed E-state index contributed by atoms with van der Waals surface area (Å²) in [6, 6.07) is 7.27. The van der Waals surface area contributed by atoms with Gasteiger partial charge in [-0.15, -0.1) is 0 Å². The molecule has 0 aliphatic heterocycles. The molecule has 0 aliphatic rings. The Morgan fingerprint density at radius 1 is 1.03 bits per heavy atom. The number of carbonyl (C=O) groups is 1. The van der Waals surface area contributed by atoms with Gasteiger partial charge in [-0.2, -0.15) is 13.2 Å². The Kier molecular flexibility index (Phi) is 6.00. The van der Waals surface area contributed by atoms with Crippen LogP contribution in [0.15, 0.2) is 59.8 Å². The third kappa shape index (κ3) is 4.99. The second-order valence-electron chi connectivity index (χ2n) is 7.09. The van der Waals surface area contributed by atoms with Crippen LogP contribution in [0.4, 0.5) is 28.4 Å². The molecule has 0 bridgehead atoms. The van der Waals surface area contributed by atoms with E-state index < -0.39 is 27.6 Å². The van der Waals surface area contributed by atoms with Crippen LogP contribution < -0.4 is 10.0 Å². The highest BCUT2D eigenvalue weighted by Gasteiger charge is 2.30. The first-order valence-corrected chi connectivity index (χ1v) is 11.8. The summed E-state index contributed by atoms with van der Waals surface area (Å²) in [6.45, 7) is 1.30. The Labute approximate surface area is 194 Å². The molecule has 13 heteroatoms. The molecular formula is C21H14F4N4O3S2. The maximum Gasteiger partial charge on any atom is 0.416 e. The molecule has 0 radical (unpaired) electrons. The molecule has 0 fully saturated rings. The van der Waals surface area contributed by atoms with Gasteiger partial charge in [0.05, 0.1) is 27.0 Å². The lowest BCUT2D eigenvalue weighted by molar-refractivity contribution is -0.137. The molecule has 2 aromatic heterocycles. The second kappa shape index (κ2) is 8.65. The van der Waals surface area contributed by atoms with Crippen molar-refractivity contribution >= 4 is 48.3 Å². The summed E-state index contributed by atoms with van der Waals surface area (Å²) in [5.41, 5.74) is -0.114. The average molecular weight is 510 g/mol. The van der Waals surface area contributed by atoms with Crippen molar-refractivity contribution in [2.75, 3.05) is 10.0 Å². The molecule has 0 saturated carbocycles. The number of aromatic nitrogens is 2. The van der Waals surface area contributed by atoms with Gasteiger partial charge in [0.1, 0.15) is 5.52 Å². The number of rotatable bonds is 5. The van der Waals surface area contributed by atoms with Gasteiger partial charge in [0.25, 0.3) is 10.0 Å². The Balaban J connectivity index is 1.63. The molecule has 0 spiro atoms. The van der Waals surface area contributed by atoms with Crippen LogP contribution >= 0.6 is 11.3 Å². The van der Waals surface area contributed by atoms with Crippen LogP contribution in [-0.4, -0.2) is 24.3 Å². The number of nitrogens with one attached hydrogen (secondary N) is 2. The third-order valence-corrected chi connectivity index (χ3v) is 6.86. The van der Waals surface area contributed by atoms with E-state index in [0.717, 1.165) is 23.5 Å². The fourth-order valence-electron chi connectivity index (χ4n) is 3.05. The van der Waals surface area contributed by atoms with Crippen molar-refractivity contribution in [2.45, 2.75) is 18.0 Å². The quantitative estimate of drug-likeness (QED) is 0.356. The highest BCUT2D eigenvalue weighted by molar-refractivity contribution is 7.92. The molecule has 2 N–H and O–H groups in total. The molecule has 2 aromatic carbocycles. The Morgan fingerprint density at radius 2 is 1.74 bits per heavy atom. The summed E-state index contributed by atoms with van der Waals surface area (Å²) in [7, 11) is -4.21. The number of carbonyl (C=O) groups excluding carboxylic acids is 1. The number of halogens is 4. The number of amides is 1. The topological polar surface area (TPSA) is 101 Å². The lowest BCUT2D eigenvalue weighted by Crippen LogP contribution is -2.14. The summed E-state index contributed by atoms with van der Waals surface area (Å²) in [6.07, 6.45) is -1.99. The first kappa shape index (κ1) is 23.6. The molecular weight excluding hydrogens is 496 g/mol. The lowest BCUT2D eigenvalue weighted by atomic mass is 10.1. The highest BCUT2D eigenvalue weighted by atomic mass is 32.2. The maximum absolute atomic E-state index is 14.6. The average Bonchev–Trinajstić information content (AvgIpc) is 3.15. The normalized spacial score (nSPS) is 12.0. The van der Waals surface area contributed by atoms with Gasteiger partial charge in [-0.1, -0.05) is 11.3 Å². The molecule has 4 aromatic rings. The van der Waals surface area contributed by atoms with Gasteiger partial charge in [-0.05, 0) is 48.0 Å². The molecule has 0 unspecified atom stereocenters.